The van der Waals surface area contributed by atoms with E-state index in [0.29, 0.717) is 19.6 Å². The van der Waals surface area contributed by atoms with E-state index in [0.717, 1.165) is 0 Å². The SMILES string of the molecule is C=CCN(C)C(=O)C(N)CCOC. The molecule has 1 amide bonds. The summed E-state index contributed by atoms with van der Waals surface area (Å²) < 4.78 is 4.83. The van der Waals surface area contributed by atoms with Gasteiger partial charge in [-0.1, -0.05) is 6.08 Å². The summed E-state index contributed by atoms with van der Waals surface area (Å²) in [6.07, 6.45) is 2.22. The van der Waals surface area contributed by atoms with Crippen LogP contribution in [-0.2, 0) is 9.53 Å². The summed E-state index contributed by atoms with van der Waals surface area (Å²) in [7, 11) is 3.29. The first-order valence-electron chi connectivity index (χ1n) is 4.23. The molecule has 1 atom stereocenters. The number of amides is 1. The van der Waals surface area contributed by atoms with Crippen LogP contribution < -0.4 is 5.73 Å². The molecule has 0 aromatic rings. The van der Waals surface area contributed by atoms with E-state index in [1.165, 1.54) is 0 Å². The van der Waals surface area contributed by atoms with Crippen molar-refractivity contribution in [1.29, 1.82) is 0 Å². The van der Waals surface area contributed by atoms with Crippen LogP contribution >= 0.6 is 0 Å². The number of nitrogens with two attached hydrogens (primary N) is 1. The topological polar surface area (TPSA) is 55.6 Å². The molecule has 2 N–H and O–H groups in total. The fraction of sp³-hybridized carbons (Fsp3) is 0.667. The van der Waals surface area contributed by atoms with Gasteiger partial charge in [0.1, 0.15) is 0 Å². The molecule has 13 heavy (non-hydrogen) atoms. The highest BCUT2D eigenvalue weighted by Crippen LogP contribution is 1.95. The van der Waals surface area contributed by atoms with Gasteiger partial charge in [0.05, 0.1) is 6.04 Å². The Labute approximate surface area is 79.3 Å². The van der Waals surface area contributed by atoms with Crippen molar-refractivity contribution in [3.8, 4) is 0 Å². The molecule has 0 aliphatic rings. The van der Waals surface area contributed by atoms with Crippen molar-refractivity contribution in [2.24, 2.45) is 5.73 Å². The molecule has 1 unspecified atom stereocenters. The quantitative estimate of drug-likeness (QED) is 0.594. The average Bonchev–Trinajstić information content (AvgIpc) is 2.13. The number of methoxy groups -OCH3 is 1. The van der Waals surface area contributed by atoms with Crippen LogP contribution in [0.2, 0.25) is 0 Å². The second-order valence-corrected chi connectivity index (χ2v) is 2.90. The number of rotatable bonds is 6. The van der Waals surface area contributed by atoms with Crippen LogP contribution in [0.3, 0.4) is 0 Å². The molecule has 0 saturated heterocycles. The lowest BCUT2D eigenvalue weighted by Crippen LogP contribution is -2.42. The molecule has 0 fully saturated rings. The maximum Gasteiger partial charge on any atom is 0.239 e. The Morgan fingerprint density at radius 1 is 1.77 bits per heavy atom. The highest BCUT2D eigenvalue weighted by atomic mass is 16.5. The van der Waals surface area contributed by atoms with Crippen LogP contribution in [0.4, 0.5) is 0 Å². The summed E-state index contributed by atoms with van der Waals surface area (Å²) >= 11 is 0. The van der Waals surface area contributed by atoms with Gasteiger partial charge in [-0.2, -0.15) is 0 Å². The first-order valence-corrected chi connectivity index (χ1v) is 4.23. The van der Waals surface area contributed by atoms with Gasteiger partial charge >= 0.3 is 0 Å². The van der Waals surface area contributed by atoms with E-state index in [-0.39, 0.29) is 5.91 Å². The molecule has 0 radical (unpaired) electrons. The zero-order chi connectivity index (χ0) is 10.3. The Morgan fingerprint density at radius 3 is 2.85 bits per heavy atom. The first kappa shape index (κ1) is 12.1. The second-order valence-electron chi connectivity index (χ2n) is 2.90. The number of likely N-dealkylation sites (N-methyl/N-ethyl adjacent to an activating group) is 1. The molecular formula is C9H18N2O2. The highest BCUT2D eigenvalue weighted by Gasteiger charge is 2.16. The fourth-order valence-electron chi connectivity index (χ4n) is 0.935. The van der Waals surface area contributed by atoms with Gasteiger partial charge in [0, 0.05) is 27.3 Å². The van der Waals surface area contributed by atoms with E-state index < -0.39 is 6.04 Å². The van der Waals surface area contributed by atoms with E-state index in [2.05, 4.69) is 6.58 Å². The van der Waals surface area contributed by atoms with E-state index in [4.69, 9.17) is 10.5 Å². The predicted molar refractivity (Wildman–Crippen MR) is 52.3 cm³/mol. The number of carbonyl (C=O) groups excluding carboxylic acids is 1. The number of ether oxygens (including phenoxy) is 1. The van der Waals surface area contributed by atoms with Crippen LogP contribution in [0.15, 0.2) is 12.7 Å². The summed E-state index contributed by atoms with van der Waals surface area (Å²) in [5.41, 5.74) is 5.63. The molecule has 76 valence electrons. The third-order valence-corrected chi connectivity index (χ3v) is 1.73. The van der Waals surface area contributed by atoms with Gasteiger partial charge in [-0.05, 0) is 6.42 Å². The van der Waals surface area contributed by atoms with Gasteiger partial charge in [-0.25, -0.2) is 0 Å². The standard InChI is InChI=1S/C9H18N2O2/c1-4-6-11(2)9(12)8(10)5-7-13-3/h4,8H,1,5-7,10H2,2-3H3. The monoisotopic (exact) mass is 186 g/mol. The molecule has 0 rings (SSSR count). The molecule has 4 heteroatoms. The zero-order valence-electron chi connectivity index (χ0n) is 8.32. The minimum Gasteiger partial charge on any atom is -0.385 e. The molecule has 0 bridgehead atoms. The lowest BCUT2D eigenvalue weighted by atomic mass is 10.2. The normalized spacial score (nSPS) is 12.2. The van der Waals surface area contributed by atoms with Gasteiger partial charge in [-0.15, -0.1) is 6.58 Å². The molecule has 0 aliphatic carbocycles. The minimum absolute atomic E-state index is 0.0723. The number of nitrogens with zero attached hydrogens (tertiary/aromatic N) is 1. The van der Waals surface area contributed by atoms with Gasteiger partial charge in [0.15, 0.2) is 0 Å². The van der Waals surface area contributed by atoms with Crippen molar-refractivity contribution in [1.82, 2.24) is 4.90 Å². The molecule has 0 saturated carbocycles. The Balaban J connectivity index is 3.86. The molecule has 0 aliphatic heterocycles. The molecule has 4 nitrogen and oxygen atoms in total. The largest absolute Gasteiger partial charge is 0.385 e. The lowest BCUT2D eigenvalue weighted by molar-refractivity contribution is -0.131. The van der Waals surface area contributed by atoms with Crippen molar-refractivity contribution in [2.75, 3.05) is 27.3 Å². The van der Waals surface area contributed by atoms with Crippen LogP contribution in [0.25, 0.3) is 0 Å². The van der Waals surface area contributed by atoms with Gasteiger partial charge in [0.2, 0.25) is 5.91 Å². The first-order chi connectivity index (χ1) is 6.13. The van der Waals surface area contributed by atoms with Crippen LogP contribution in [-0.4, -0.2) is 44.2 Å². The van der Waals surface area contributed by atoms with Gasteiger partial charge < -0.3 is 15.4 Å². The summed E-state index contributed by atoms with van der Waals surface area (Å²) in [5, 5.41) is 0. The Hall–Kier alpha value is -0.870. The smallest absolute Gasteiger partial charge is 0.239 e. The lowest BCUT2D eigenvalue weighted by Gasteiger charge is -2.19. The second kappa shape index (κ2) is 6.62. The number of hydrogen-bond acceptors (Lipinski definition) is 3. The minimum atomic E-state index is -0.468. The summed E-state index contributed by atoms with van der Waals surface area (Å²) in [6, 6.07) is -0.468. The highest BCUT2D eigenvalue weighted by molar-refractivity contribution is 5.81. The average molecular weight is 186 g/mol. The molecule has 0 spiro atoms. The Bertz CT molecular complexity index is 171. The van der Waals surface area contributed by atoms with Crippen molar-refractivity contribution in [2.45, 2.75) is 12.5 Å². The maximum absolute atomic E-state index is 11.4. The van der Waals surface area contributed by atoms with Crippen molar-refractivity contribution in [3.05, 3.63) is 12.7 Å². The van der Waals surface area contributed by atoms with E-state index in [1.807, 2.05) is 0 Å². The zero-order valence-corrected chi connectivity index (χ0v) is 8.32. The van der Waals surface area contributed by atoms with Crippen molar-refractivity contribution in [3.63, 3.8) is 0 Å². The summed E-state index contributed by atoms with van der Waals surface area (Å²) in [5.74, 6) is -0.0723. The fourth-order valence-corrected chi connectivity index (χ4v) is 0.935. The molecule has 0 heterocycles. The van der Waals surface area contributed by atoms with Crippen LogP contribution in [0.1, 0.15) is 6.42 Å². The van der Waals surface area contributed by atoms with E-state index >= 15 is 0 Å². The van der Waals surface area contributed by atoms with E-state index in [9.17, 15) is 4.79 Å². The summed E-state index contributed by atoms with van der Waals surface area (Å²) in [4.78, 5) is 13.0. The molecule has 0 aromatic carbocycles. The maximum atomic E-state index is 11.4. The van der Waals surface area contributed by atoms with E-state index in [1.54, 1.807) is 25.1 Å². The third kappa shape index (κ3) is 4.65. The Kier molecular flexibility index (Phi) is 6.18. The number of hydrogen-bond donors (Lipinski definition) is 1. The number of carbonyl (C=O) groups is 1. The van der Waals surface area contributed by atoms with Crippen LogP contribution in [0.5, 0.6) is 0 Å². The third-order valence-electron chi connectivity index (χ3n) is 1.73. The Morgan fingerprint density at radius 2 is 2.38 bits per heavy atom. The van der Waals surface area contributed by atoms with Crippen molar-refractivity contribution >= 4 is 5.91 Å². The van der Waals surface area contributed by atoms with Gasteiger partial charge in [0.25, 0.3) is 0 Å². The summed E-state index contributed by atoms with van der Waals surface area (Å²) in [6.45, 7) is 4.58. The molecule has 0 aromatic heterocycles. The van der Waals surface area contributed by atoms with Gasteiger partial charge in [-0.3, -0.25) is 4.79 Å². The molecular weight excluding hydrogens is 168 g/mol. The predicted octanol–water partition coefficient (Wildman–Crippen LogP) is -0.00540. The van der Waals surface area contributed by atoms with Crippen LogP contribution in [0, 0.1) is 0 Å². The van der Waals surface area contributed by atoms with Crippen molar-refractivity contribution < 1.29 is 9.53 Å².